The number of para-hydroxylation sites is 1. The predicted octanol–water partition coefficient (Wildman–Crippen LogP) is 5.05. The number of benzene rings is 2. The lowest BCUT2D eigenvalue weighted by Crippen LogP contribution is -1.99. The van der Waals surface area contributed by atoms with Crippen LogP contribution in [-0.4, -0.2) is 19.9 Å². The molecule has 5 rings (SSSR count). The minimum atomic E-state index is 0.677. The van der Waals surface area contributed by atoms with Crippen molar-refractivity contribution in [2.24, 2.45) is 0 Å². The Morgan fingerprint density at radius 3 is 2.77 bits per heavy atom. The van der Waals surface area contributed by atoms with Gasteiger partial charge >= 0.3 is 0 Å². The van der Waals surface area contributed by atoms with Gasteiger partial charge in [0.05, 0.1) is 21.4 Å². The summed E-state index contributed by atoms with van der Waals surface area (Å²) < 4.78 is 0. The van der Waals surface area contributed by atoms with Crippen molar-refractivity contribution < 1.29 is 0 Å². The average molecular weight is 355 g/mol. The molecule has 5 aromatic rings. The van der Waals surface area contributed by atoms with Gasteiger partial charge in [-0.25, -0.2) is 9.97 Å². The number of aromatic nitrogens is 4. The SMILES string of the molecule is c1cnc2ccc(Nc3nc(-c4cncs4)nc4ccccc34)cc2c1. The molecule has 0 radical (unpaired) electrons. The fraction of sp³-hybridized carbons (Fsp3) is 0. The second-order valence-electron chi connectivity index (χ2n) is 5.81. The van der Waals surface area contributed by atoms with E-state index in [1.807, 2.05) is 48.5 Å². The summed E-state index contributed by atoms with van der Waals surface area (Å²) in [5.74, 6) is 1.46. The fourth-order valence-corrected chi connectivity index (χ4v) is 3.45. The summed E-state index contributed by atoms with van der Waals surface area (Å²) in [5.41, 5.74) is 4.62. The van der Waals surface area contributed by atoms with Gasteiger partial charge in [-0.05, 0) is 36.4 Å². The van der Waals surface area contributed by atoms with Crippen LogP contribution in [0.4, 0.5) is 11.5 Å². The molecule has 3 aromatic heterocycles. The summed E-state index contributed by atoms with van der Waals surface area (Å²) in [6.45, 7) is 0. The molecule has 0 saturated heterocycles. The van der Waals surface area contributed by atoms with Crippen molar-refractivity contribution in [2.45, 2.75) is 0 Å². The van der Waals surface area contributed by atoms with Gasteiger partial charge in [0.15, 0.2) is 5.82 Å². The number of fused-ring (bicyclic) bond motifs is 2. The number of pyridine rings is 1. The van der Waals surface area contributed by atoms with Crippen LogP contribution in [0.25, 0.3) is 32.5 Å². The second kappa shape index (κ2) is 6.16. The van der Waals surface area contributed by atoms with Crippen molar-refractivity contribution >= 4 is 44.6 Å². The van der Waals surface area contributed by atoms with E-state index >= 15 is 0 Å². The molecule has 1 N–H and O–H groups in total. The molecule has 0 bridgehead atoms. The van der Waals surface area contributed by atoms with Crippen LogP contribution in [0.1, 0.15) is 0 Å². The summed E-state index contributed by atoms with van der Waals surface area (Å²) in [6, 6.07) is 18.1. The Morgan fingerprint density at radius 1 is 0.885 bits per heavy atom. The number of anilines is 2. The van der Waals surface area contributed by atoms with Crippen LogP contribution in [0, 0.1) is 0 Å². The first-order valence-corrected chi connectivity index (χ1v) is 9.02. The Labute approximate surface area is 153 Å². The van der Waals surface area contributed by atoms with Crippen LogP contribution in [0.2, 0.25) is 0 Å². The van der Waals surface area contributed by atoms with E-state index < -0.39 is 0 Å². The Morgan fingerprint density at radius 2 is 1.85 bits per heavy atom. The Kier molecular flexibility index (Phi) is 3.54. The molecule has 6 heteroatoms. The maximum Gasteiger partial charge on any atom is 0.173 e. The van der Waals surface area contributed by atoms with Crippen LogP contribution in [0.5, 0.6) is 0 Å². The first-order chi connectivity index (χ1) is 12.9. The molecule has 0 aliphatic heterocycles. The van der Waals surface area contributed by atoms with Crippen molar-refractivity contribution in [3.05, 3.63) is 72.5 Å². The lowest BCUT2D eigenvalue weighted by atomic mass is 10.2. The minimum absolute atomic E-state index is 0.677. The van der Waals surface area contributed by atoms with Crippen LogP contribution in [0.3, 0.4) is 0 Å². The lowest BCUT2D eigenvalue weighted by molar-refractivity contribution is 1.23. The third kappa shape index (κ3) is 2.66. The number of thiazole rings is 1. The number of rotatable bonds is 3. The van der Waals surface area contributed by atoms with Gasteiger partial charge in [-0.1, -0.05) is 18.2 Å². The molecule has 2 aromatic carbocycles. The molecular formula is C20H13N5S. The smallest absolute Gasteiger partial charge is 0.173 e. The zero-order chi connectivity index (χ0) is 17.3. The van der Waals surface area contributed by atoms with E-state index in [2.05, 4.69) is 26.3 Å². The zero-order valence-electron chi connectivity index (χ0n) is 13.6. The molecule has 5 nitrogen and oxygen atoms in total. The first kappa shape index (κ1) is 14.9. The van der Waals surface area contributed by atoms with E-state index in [9.17, 15) is 0 Å². The summed E-state index contributed by atoms with van der Waals surface area (Å²) in [4.78, 5) is 18.9. The highest BCUT2D eigenvalue weighted by molar-refractivity contribution is 7.13. The highest BCUT2D eigenvalue weighted by Gasteiger charge is 2.11. The van der Waals surface area contributed by atoms with Crippen LogP contribution in [-0.2, 0) is 0 Å². The standard InChI is InChI=1S/C20H13N5S/c1-2-6-17-15(5-1)19(25-20(24-17)18-11-21-12-26-18)23-14-7-8-16-13(10-14)4-3-9-22-16/h1-12H,(H,23,24,25). The molecular weight excluding hydrogens is 342 g/mol. The molecule has 124 valence electrons. The van der Waals surface area contributed by atoms with Crippen LogP contribution >= 0.6 is 11.3 Å². The van der Waals surface area contributed by atoms with Crippen molar-refractivity contribution in [2.75, 3.05) is 5.32 Å². The van der Waals surface area contributed by atoms with Crippen molar-refractivity contribution in [3.8, 4) is 10.7 Å². The summed E-state index contributed by atoms with van der Waals surface area (Å²) >= 11 is 1.53. The lowest BCUT2D eigenvalue weighted by Gasteiger charge is -2.11. The zero-order valence-corrected chi connectivity index (χ0v) is 14.4. The van der Waals surface area contributed by atoms with E-state index in [4.69, 9.17) is 4.98 Å². The van der Waals surface area contributed by atoms with E-state index in [0.717, 1.165) is 38.2 Å². The van der Waals surface area contributed by atoms with E-state index in [1.54, 1.807) is 17.9 Å². The Hall–Kier alpha value is -3.38. The molecule has 0 saturated carbocycles. The van der Waals surface area contributed by atoms with Crippen molar-refractivity contribution in [1.29, 1.82) is 0 Å². The highest BCUT2D eigenvalue weighted by atomic mass is 32.1. The predicted molar refractivity (Wildman–Crippen MR) is 106 cm³/mol. The number of nitrogens with one attached hydrogen (secondary N) is 1. The van der Waals surface area contributed by atoms with Gasteiger partial charge in [-0.15, -0.1) is 11.3 Å². The summed E-state index contributed by atoms with van der Waals surface area (Å²) in [6.07, 6.45) is 3.59. The van der Waals surface area contributed by atoms with E-state index in [0.29, 0.717) is 5.82 Å². The van der Waals surface area contributed by atoms with Gasteiger partial charge in [0.25, 0.3) is 0 Å². The molecule has 26 heavy (non-hydrogen) atoms. The van der Waals surface area contributed by atoms with Crippen molar-refractivity contribution in [3.63, 3.8) is 0 Å². The minimum Gasteiger partial charge on any atom is -0.340 e. The highest BCUT2D eigenvalue weighted by Crippen LogP contribution is 2.29. The van der Waals surface area contributed by atoms with Gasteiger partial charge in [0, 0.05) is 28.9 Å². The molecule has 0 unspecified atom stereocenters. The molecule has 0 atom stereocenters. The number of hydrogen-bond donors (Lipinski definition) is 1. The average Bonchev–Trinajstić information content (AvgIpc) is 3.23. The maximum atomic E-state index is 4.75. The largest absolute Gasteiger partial charge is 0.340 e. The molecule has 0 aliphatic carbocycles. The normalized spacial score (nSPS) is 11.1. The third-order valence-corrected chi connectivity index (χ3v) is 4.89. The Bertz CT molecular complexity index is 1220. The Balaban J connectivity index is 1.64. The second-order valence-corrected chi connectivity index (χ2v) is 6.70. The fourth-order valence-electron chi connectivity index (χ4n) is 2.90. The molecule has 0 fully saturated rings. The van der Waals surface area contributed by atoms with Crippen molar-refractivity contribution in [1.82, 2.24) is 19.9 Å². The molecule has 0 amide bonds. The topological polar surface area (TPSA) is 63.6 Å². The molecule has 0 aliphatic rings. The summed E-state index contributed by atoms with van der Waals surface area (Å²) in [5, 5.41) is 5.51. The van der Waals surface area contributed by atoms with Gasteiger partial charge < -0.3 is 5.32 Å². The van der Waals surface area contributed by atoms with E-state index in [1.165, 1.54) is 11.3 Å². The quantitative estimate of drug-likeness (QED) is 0.491. The van der Waals surface area contributed by atoms with Gasteiger partial charge in [0.1, 0.15) is 5.82 Å². The maximum absolute atomic E-state index is 4.75. The molecule has 0 spiro atoms. The van der Waals surface area contributed by atoms with Crippen LogP contribution in [0.15, 0.2) is 72.5 Å². The monoisotopic (exact) mass is 355 g/mol. The van der Waals surface area contributed by atoms with E-state index in [-0.39, 0.29) is 0 Å². The number of hydrogen-bond acceptors (Lipinski definition) is 6. The molecule has 3 heterocycles. The van der Waals surface area contributed by atoms with Gasteiger partial charge in [0.2, 0.25) is 0 Å². The third-order valence-electron chi connectivity index (χ3n) is 4.12. The van der Waals surface area contributed by atoms with Gasteiger partial charge in [-0.3, -0.25) is 9.97 Å². The first-order valence-electron chi connectivity index (χ1n) is 8.14. The number of nitrogens with zero attached hydrogens (tertiary/aromatic N) is 4. The van der Waals surface area contributed by atoms with Gasteiger partial charge in [-0.2, -0.15) is 0 Å². The van der Waals surface area contributed by atoms with Crippen LogP contribution < -0.4 is 5.32 Å². The summed E-state index contributed by atoms with van der Waals surface area (Å²) in [7, 11) is 0.